The Morgan fingerprint density at radius 3 is 2.87 bits per heavy atom. The lowest BCUT2D eigenvalue weighted by Gasteiger charge is -2.08. The van der Waals surface area contributed by atoms with Gasteiger partial charge in [-0.15, -0.1) is 0 Å². The Morgan fingerprint density at radius 1 is 1.47 bits per heavy atom. The van der Waals surface area contributed by atoms with Crippen LogP contribution >= 0.6 is 0 Å². The van der Waals surface area contributed by atoms with Crippen molar-refractivity contribution in [3.8, 4) is 0 Å². The molecular weight excluding hydrogens is 188 g/mol. The van der Waals surface area contributed by atoms with Crippen molar-refractivity contribution in [3.05, 3.63) is 23.8 Å². The number of rotatable bonds is 2. The molecule has 1 saturated carbocycles. The van der Waals surface area contributed by atoms with E-state index in [0.717, 1.165) is 24.6 Å². The van der Waals surface area contributed by atoms with Gasteiger partial charge in [-0.05, 0) is 31.2 Å². The Kier molecular flexibility index (Phi) is 2.80. The fourth-order valence-electron chi connectivity index (χ4n) is 2.21. The molecule has 2 atom stereocenters. The first-order chi connectivity index (χ1) is 7.16. The SMILES string of the molecule is CC(=O)c1ccnc(C2CCC(C)C2)n1. The van der Waals surface area contributed by atoms with Crippen LogP contribution in [0, 0.1) is 5.92 Å². The lowest BCUT2D eigenvalue weighted by atomic mass is 10.1. The number of hydrogen-bond donors (Lipinski definition) is 0. The third-order valence-electron chi connectivity index (χ3n) is 3.09. The maximum Gasteiger partial charge on any atom is 0.178 e. The highest BCUT2D eigenvalue weighted by Crippen LogP contribution is 2.36. The topological polar surface area (TPSA) is 42.9 Å². The fraction of sp³-hybridized carbons (Fsp3) is 0.583. The van der Waals surface area contributed by atoms with E-state index in [1.165, 1.54) is 6.42 Å². The standard InChI is InChI=1S/C12H16N2O/c1-8-3-4-10(7-8)12-13-6-5-11(14-12)9(2)15/h5-6,8,10H,3-4,7H2,1-2H3. The predicted molar refractivity (Wildman–Crippen MR) is 57.8 cm³/mol. The average Bonchev–Trinajstić information content (AvgIpc) is 2.65. The Labute approximate surface area is 89.9 Å². The van der Waals surface area contributed by atoms with Crippen molar-refractivity contribution in [2.45, 2.75) is 39.0 Å². The van der Waals surface area contributed by atoms with Gasteiger partial charge < -0.3 is 0 Å². The van der Waals surface area contributed by atoms with Crippen molar-refractivity contribution >= 4 is 5.78 Å². The van der Waals surface area contributed by atoms with Gasteiger partial charge in [0, 0.05) is 19.0 Å². The number of hydrogen-bond acceptors (Lipinski definition) is 3. The van der Waals surface area contributed by atoms with Crippen LogP contribution in [-0.4, -0.2) is 15.8 Å². The molecule has 0 aliphatic heterocycles. The summed E-state index contributed by atoms with van der Waals surface area (Å²) in [5.74, 6) is 2.09. The van der Waals surface area contributed by atoms with E-state index < -0.39 is 0 Å². The molecule has 0 aromatic carbocycles. The summed E-state index contributed by atoms with van der Waals surface area (Å²) in [4.78, 5) is 19.8. The maximum atomic E-state index is 11.2. The van der Waals surface area contributed by atoms with Gasteiger partial charge in [-0.25, -0.2) is 9.97 Å². The first-order valence-electron chi connectivity index (χ1n) is 5.50. The molecule has 2 rings (SSSR count). The molecule has 0 spiro atoms. The van der Waals surface area contributed by atoms with Crippen molar-refractivity contribution in [2.75, 3.05) is 0 Å². The smallest absolute Gasteiger partial charge is 0.178 e. The first-order valence-corrected chi connectivity index (χ1v) is 5.50. The van der Waals surface area contributed by atoms with Crippen molar-refractivity contribution in [1.82, 2.24) is 9.97 Å². The quantitative estimate of drug-likeness (QED) is 0.695. The van der Waals surface area contributed by atoms with Crippen LogP contribution in [-0.2, 0) is 0 Å². The van der Waals surface area contributed by atoms with Crippen LogP contribution in [0.4, 0.5) is 0 Å². The molecule has 1 aromatic rings. The van der Waals surface area contributed by atoms with E-state index in [0.29, 0.717) is 11.6 Å². The molecule has 0 N–H and O–H groups in total. The van der Waals surface area contributed by atoms with Gasteiger partial charge in [0.15, 0.2) is 5.78 Å². The van der Waals surface area contributed by atoms with E-state index in [1.807, 2.05) is 0 Å². The van der Waals surface area contributed by atoms with E-state index in [2.05, 4.69) is 16.9 Å². The van der Waals surface area contributed by atoms with Gasteiger partial charge in [0.05, 0.1) is 0 Å². The van der Waals surface area contributed by atoms with Gasteiger partial charge in [0.2, 0.25) is 0 Å². The summed E-state index contributed by atoms with van der Waals surface area (Å²) in [6.07, 6.45) is 5.25. The Bertz CT molecular complexity index is 376. The molecule has 1 aliphatic rings. The van der Waals surface area contributed by atoms with Crippen LogP contribution in [0.1, 0.15) is 55.3 Å². The lowest BCUT2D eigenvalue weighted by Crippen LogP contribution is -2.05. The summed E-state index contributed by atoms with van der Waals surface area (Å²) in [7, 11) is 0. The normalized spacial score (nSPS) is 25.5. The second-order valence-corrected chi connectivity index (χ2v) is 4.47. The summed E-state index contributed by atoms with van der Waals surface area (Å²) in [6.45, 7) is 3.80. The zero-order valence-corrected chi connectivity index (χ0v) is 9.23. The maximum absolute atomic E-state index is 11.2. The van der Waals surface area contributed by atoms with E-state index in [-0.39, 0.29) is 5.78 Å². The number of ketones is 1. The summed E-state index contributed by atoms with van der Waals surface area (Å²) in [5.41, 5.74) is 0.541. The second kappa shape index (κ2) is 4.09. The predicted octanol–water partition coefficient (Wildman–Crippen LogP) is 2.58. The molecule has 1 aliphatic carbocycles. The molecule has 3 nitrogen and oxygen atoms in total. The van der Waals surface area contributed by atoms with Gasteiger partial charge in [0.1, 0.15) is 11.5 Å². The average molecular weight is 204 g/mol. The molecule has 1 aromatic heterocycles. The number of nitrogens with zero attached hydrogens (tertiary/aromatic N) is 2. The van der Waals surface area contributed by atoms with Crippen molar-refractivity contribution in [2.24, 2.45) is 5.92 Å². The Hall–Kier alpha value is -1.25. The zero-order valence-electron chi connectivity index (χ0n) is 9.23. The number of carbonyl (C=O) groups is 1. The molecule has 2 unspecified atom stereocenters. The third kappa shape index (κ3) is 2.22. The molecule has 15 heavy (non-hydrogen) atoms. The summed E-state index contributed by atoms with van der Waals surface area (Å²) in [6, 6.07) is 1.68. The van der Waals surface area contributed by atoms with Gasteiger partial charge in [-0.1, -0.05) is 6.92 Å². The molecule has 80 valence electrons. The van der Waals surface area contributed by atoms with E-state index in [1.54, 1.807) is 19.2 Å². The highest BCUT2D eigenvalue weighted by atomic mass is 16.1. The highest BCUT2D eigenvalue weighted by molar-refractivity contribution is 5.91. The van der Waals surface area contributed by atoms with Gasteiger partial charge in [-0.2, -0.15) is 0 Å². The molecule has 0 radical (unpaired) electrons. The zero-order chi connectivity index (χ0) is 10.8. The van der Waals surface area contributed by atoms with Gasteiger partial charge >= 0.3 is 0 Å². The van der Waals surface area contributed by atoms with E-state index >= 15 is 0 Å². The van der Waals surface area contributed by atoms with Crippen LogP contribution in [0.2, 0.25) is 0 Å². The molecule has 3 heteroatoms. The van der Waals surface area contributed by atoms with Crippen LogP contribution in [0.5, 0.6) is 0 Å². The molecule has 0 amide bonds. The monoisotopic (exact) mass is 204 g/mol. The first kappa shape index (κ1) is 10.3. The van der Waals surface area contributed by atoms with Gasteiger partial charge in [-0.3, -0.25) is 4.79 Å². The van der Waals surface area contributed by atoms with Crippen LogP contribution in [0.25, 0.3) is 0 Å². The van der Waals surface area contributed by atoms with Gasteiger partial charge in [0.25, 0.3) is 0 Å². The fourth-order valence-corrected chi connectivity index (χ4v) is 2.21. The summed E-state index contributed by atoms with van der Waals surface area (Å²) >= 11 is 0. The molecule has 1 fully saturated rings. The van der Waals surface area contributed by atoms with E-state index in [4.69, 9.17) is 0 Å². The minimum atomic E-state index is 0.0182. The largest absolute Gasteiger partial charge is 0.293 e. The Morgan fingerprint density at radius 2 is 2.27 bits per heavy atom. The van der Waals surface area contributed by atoms with Crippen LogP contribution in [0.15, 0.2) is 12.3 Å². The third-order valence-corrected chi connectivity index (χ3v) is 3.09. The lowest BCUT2D eigenvalue weighted by molar-refractivity contribution is 0.101. The van der Waals surface area contributed by atoms with Crippen LogP contribution < -0.4 is 0 Å². The summed E-state index contributed by atoms with van der Waals surface area (Å²) in [5, 5.41) is 0. The van der Waals surface area contributed by atoms with Crippen molar-refractivity contribution in [1.29, 1.82) is 0 Å². The highest BCUT2D eigenvalue weighted by Gasteiger charge is 2.25. The minimum absolute atomic E-state index is 0.0182. The number of aromatic nitrogens is 2. The molecule has 0 bridgehead atoms. The van der Waals surface area contributed by atoms with Crippen LogP contribution in [0.3, 0.4) is 0 Å². The molecule has 0 saturated heterocycles. The summed E-state index contributed by atoms with van der Waals surface area (Å²) < 4.78 is 0. The Balaban J connectivity index is 2.21. The van der Waals surface area contributed by atoms with E-state index in [9.17, 15) is 4.79 Å². The molecular formula is C12H16N2O. The second-order valence-electron chi connectivity index (χ2n) is 4.47. The van der Waals surface area contributed by atoms with Crippen molar-refractivity contribution < 1.29 is 4.79 Å². The van der Waals surface area contributed by atoms with Crippen molar-refractivity contribution in [3.63, 3.8) is 0 Å². The molecule has 1 heterocycles. The minimum Gasteiger partial charge on any atom is -0.293 e. The number of Topliss-reactive ketones (excluding diaryl/α,β-unsaturated/α-hetero) is 1. The number of carbonyl (C=O) groups excluding carboxylic acids is 1.